The molecule has 1 aromatic rings. The highest BCUT2D eigenvalue weighted by atomic mass is 16.7. The molecule has 0 radical (unpaired) electrons. The summed E-state index contributed by atoms with van der Waals surface area (Å²) in [6.07, 6.45) is 3.08. The molecule has 0 aromatic heterocycles. The predicted octanol–water partition coefficient (Wildman–Crippen LogP) is 4.56. The average molecular weight is 250 g/mol. The highest BCUT2D eigenvalue weighted by Crippen LogP contribution is 2.20. The molecule has 18 heavy (non-hydrogen) atoms. The van der Waals surface area contributed by atoms with Crippen molar-refractivity contribution < 1.29 is 9.47 Å². The summed E-state index contributed by atoms with van der Waals surface area (Å²) in [6, 6.07) is 10.2. The number of unbranched alkanes of at least 4 members (excludes halogenated alkanes) is 1. The Bertz CT molecular complexity index is 295. The van der Waals surface area contributed by atoms with Gasteiger partial charge >= 0.3 is 0 Å². The second-order valence-corrected chi connectivity index (χ2v) is 5.02. The van der Waals surface area contributed by atoms with Gasteiger partial charge in [0.1, 0.15) is 0 Å². The maximum Gasteiger partial charge on any atom is 0.183 e. The fraction of sp³-hybridized carbons (Fsp3) is 0.625. The number of ether oxygens (including phenoxy) is 2. The minimum atomic E-state index is -0.212. The van der Waals surface area contributed by atoms with Crippen molar-refractivity contribution in [1.29, 1.82) is 0 Å². The van der Waals surface area contributed by atoms with E-state index in [4.69, 9.17) is 9.47 Å². The van der Waals surface area contributed by atoms with Gasteiger partial charge in [-0.2, -0.15) is 0 Å². The summed E-state index contributed by atoms with van der Waals surface area (Å²) >= 11 is 0. The zero-order valence-corrected chi connectivity index (χ0v) is 11.9. The van der Waals surface area contributed by atoms with E-state index in [-0.39, 0.29) is 6.29 Å². The van der Waals surface area contributed by atoms with Crippen molar-refractivity contribution in [2.75, 3.05) is 13.2 Å². The molecular formula is C16H26O2. The molecule has 2 nitrogen and oxygen atoms in total. The quantitative estimate of drug-likeness (QED) is 0.472. The van der Waals surface area contributed by atoms with E-state index in [1.54, 1.807) is 0 Å². The normalized spacial score (nSPS) is 12.9. The molecule has 0 bridgehead atoms. The van der Waals surface area contributed by atoms with E-state index in [9.17, 15) is 0 Å². The Labute approximate surface area is 111 Å². The molecule has 1 unspecified atom stereocenters. The summed E-state index contributed by atoms with van der Waals surface area (Å²) in [5, 5.41) is 0. The van der Waals surface area contributed by atoms with Gasteiger partial charge in [0.15, 0.2) is 6.29 Å². The van der Waals surface area contributed by atoms with Gasteiger partial charge in [-0.3, -0.25) is 0 Å². The number of hydrogen-bond donors (Lipinski definition) is 0. The summed E-state index contributed by atoms with van der Waals surface area (Å²) in [5.74, 6) is 0.664. The van der Waals surface area contributed by atoms with Crippen molar-refractivity contribution in [1.82, 2.24) is 0 Å². The number of benzene rings is 1. The third-order valence-electron chi connectivity index (χ3n) is 2.80. The van der Waals surface area contributed by atoms with Crippen LogP contribution in [0.1, 0.15) is 51.9 Å². The lowest BCUT2D eigenvalue weighted by molar-refractivity contribution is -0.149. The van der Waals surface area contributed by atoms with Crippen LogP contribution in [0.3, 0.4) is 0 Å². The van der Waals surface area contributed by atoms with Crippen molar-refractivity contribution in [3.05, 3.63) is 35.9 Å². The van der Waals surface area contributed by atoms with Gasteiger partial charge in [-0.15, -0.1) is 0 Å². The summed E-state index contributed by atoms with van der Waals surface area (Å²) in [6.45, 7) is 8.10. The van der Waals surface area contributed by atoms with E-state index in [1.165, 1.54) is 0 Å². The Morgan fingerprint density at radius 1 is 1.00 bits per heavy atom. The van der Waals surface area contributed by atoms with Crippen molar-refractivity contribution in [3.8, 4) is 0 Å². The smallest absolute Gasteiger partial charge is 0.183 e. The molecule has 0 aliphatic heterocycles. The Morgan fingerprint density at radius 3 is 2.28 bits per heavy atom. The molecule has 0 spiro atoms. The molecule has 0 amide bonds. The standard InChI is InChI=1S/C16H26O2/c1-4-5-12-17-16(18-13-11-14(2)3)15-9-7-6-8-10-15/h6-10,14,16H,4-5,11-13H2,1-3H3. The van der Waals surface area contributed by atoms with Crippen molar-refractivity contribution in [3.63, 3.8) is 0 Å². The lowest BCUT2D eigenvalue weighted by Gasteiger charge is -2.19. The molecule has 0 N–H and O–H groups in total. The van der Waals surface area contributed by atoms with E-state index in [1.807, 2.05) is 18.2 Å². The van der Waals surface area contributed by atoms with Gasteiger partial charge in [0.2, 0.25) is 0 Å². The maximum absolute atomic E-state index is 5.86. The van der Waals surface area contributed by atoms with Crippen LogP contribution >= 0.6 is 0 Å². The van der Waals surface area contributed by atoms with Crippen LogP contribution in [0.25, 0.3) is 0 Å². The van der Waals surface area contributed by atoms with Crippen LogP contribution in [-0.4, -0.2) is 13.2 Å². The number of rotatable bonds is 9. The first-order valence-corrected chi connectivity index (χ1v) is 7.02. The first kappa shape index (κ1) is 15.2. The van der Waals surface area contributed by atoms with Gasteiger partial charge in [0, 0.05) is 5.56 Å². The summed E-state index contributed by atoms with van der Waals surface area (Å²) < 4.78 is 11.7. The maximum atomic E-state index is 5.86. The van der Waals surface area contributed by atoms with E-state index in [0.29, 0.717) is 5.92 Å². The fourth-order valence-electron chi connectivity index (χ4n) is 1.60. The Balaban J connectivity index is 2.47. The third kappa shape index (κ3) is 6.18. The molecular weight excluding hydrogens is 224 g/mol. The third-order valence-corrected chi connectivity index (χ3v) is 2.80. The van der Waals surface area contributed by atoms with Crippen LogP contribution in [-0.2, 0) is 9.47 Å². The first-order valence-electron chi connectivity index (χ1n) is 7.02. The molecule has 0 saturated heterocycles. The highest BCUT2D eigenvalue weighted by Gasteiger charge is 2.11. The van der Waals surface area contributed by atoms with E-state index in [0.717, 1.165) is 38.0 Å². The molecule has 1 aromatic carbocycles. The fourth-order valence-corrected chi connectivity index (χ4v) is 1.60. The molecule has 0 fully saturated rings. The molecule has 0 aliphatic carbocycles. The van der Waals surface area contributed by atoms with Crippen LogP contribution < -0.4 is 0 Å². The zero-order valence-electron chi connectivity index (χ0n) is 11.9. The molecule has 0 heterocycles. The monoisotopic (exact) mass is 250 g/mol. The minimum Gasteiger partial charge on any atom is -0.348 e. The minimum absolute atomic E-state index is 0.212. The summed E-state index contributed by atoms with van der Waals surface area (Å²) in [5.41, 5.74) is 1.11. The lowest BCUT2D eigenvalue weighted by atomic mass is 10.1. The SMILES string of the molecule is CCCCOC(OCCC(C)C)c1ccccc1. The van der Waals surface area contributed by atoms with Gasteiger partial charge in [0.25, 0.3) is 0 Å². The second kappa shape index (κ2) is 9.12. The van der Waals surface area contributed by atoms with Gasteiger partial charge < -0.3 is 9.47 Å². The average Bonchev–Trinajstić information content (AvgIpc) is 2.38. The van der Waals surface area contributed by atoms with Gasteiger partial charge in [-0.1, -0.05) is 57.5 Å². The van der Waals surface area contributed by atoms with Crippen LogP contribution in [0.2, 0.25) is 0 Å². The van der Waals surface area contributed by atoms with Crippen molar-refractivity contribution in [2.45, 2.75) is 46.3 Å². The van der Waals surface area contributed by atoms with E-state index >= 15 is 0 Å². The summed E-state index contributed by atoms with van der Waals surface area (Å²) in [4.78, 5) is 0. The lowest BCUT2D eigenvalue weighted by Crippen LogP contribution is -2.11. The Kier molecular flexibility index (Phi) is 7.70. The van der Waals surface area contributed by atoms with Crippen LogP contribution in [0.5, 0.6) is 0 Å². The Hall–Kier alpha value is -0.860. The van der Waals surface area contributed by atoms with Crippen molar-refractivity contribution in [2.24, 2.45) is 5.92 Å². The first-order chi connectivity index (χ1) is 8.74. The predicted molar refractivity (Wildman–Crippen MR) is 75.5 cm³/mol. The Morgan fingerprint density at radius 2 is 1.67 bits per heavy atom. The molecule has 102 valence electrons. The number of hydrogen-bond acceptors (Lipinski definition) is 2. The topological polar surface area (TPSA) is 18.5 Å². The van der Waals surface area contributed by atoms with Gasteiger partial charge in [-0.05, 0) is 18.8 Å². The molecule has 2 heteroatoms. The molecule has 0 aliphatic rings. The second-order valence-electron chi connectivity index (χ2n) is 5.02. The zero-order chi connectivity index (χ0) is 13.2. The van der Waals surface area contributed by atoms with Gasteiger partial charge in [-0.25, -0.2) is 0 Å². The molecule has 1 atom stereocenters. The van der Waals surface area contributed by atoms with Crippen LogP contribution in [0.4, 0.5) is 0 Å². The largest absolute Gasteiger partial charge is 0.348 e. The van der Waals surface area contributed by atoms with Crippen molar-refractivity contribution >= 4 is 0 Å². The molecule has 0 saturated carbocycles. The highest BCUT2D eigenvalue weighted by molar-refractivity contribution is 5.15. The van der Waals surface area contributed by atoms with Crippen LogP contribution in [0.15, 0.2) is 30.3 Å². The van der Waals surface area contributed by atoms with E-state index < -0.39 is 0 Å². The summed E-state index contributed by atoms with van der Waals surface area (Å²) in [7, 11) is 0. The van der Waals surface area contributed by atoms with Crippen LogP contribution in [0, 0.1) is 5.92 Å². The molecule has 1 rings (SSSR count). The van der Waals surface area contributed by atoms with Gasteiger partial charge in [0.05, 0.1) is 13.2 Å². The van der Waals surface area contributed by atoms with E-state index in [2.05, 4.69) is 32.9 Å².